The first-order valence-electron chi connectivity index (χ1n) is 9.67. The molecule has 7 nitrogen and oxygen atoms in total. The number of nitrogens with one attached hydrogen (secondary N) is 1. The molecule has 1 fully saturated rings. The maximum Gasteiger partial charge on any atom is 0.242 e. The average molecular weight is 380 g/mol. The zero-order chi connectivity index (χ0) is 19.2. The van der Waals surface area contributed by atoms with Crippen LogP contribution in [0.4, 0.5) is 5.82 Å². The van der Waals surface area contributed by atoms with E-state index in [0.29, 0.717) is 19.8 Å². The van der Waals surface area contributed by atoms with Gasteiger partial charge in [-0.3, -0.25) is 4.79 Å². The first-order valence-corrected chi connectivity index (χ1v) is 9.67. The Balaban J connectivity index is 1.30. The standard InChI is InChI=1S/C21H24N4O3/c26-21(22-10-5-12-27-14-16-6-4-13-28-16)19-9-3-11-25(19)20-17-7-1-2-8-18(17)23-15-24-20/h1-2,4,6-8,13,15,19H,3,5,9-12,14H2,(H,22,26)/t19-/m0/s1. The molecule has 1 atom stereocenters. The number of fused-ring (bicyclic) bond motifs is 1. The Bertz CT molecular complexity index is 908. The van der Waals surface area contributed by atoms with Crippen molar-refractivity contribution < 1.29 is 13.9 Å². The molecule has 0 radical (unpaired) electrons. The summed E-state index contributed by atoms with van der Waals surface area (Å²) in [5.74, 6) is 1.69. The molecule has 0 aliphatic carbocycles. The van der Waals surface area contributed by atoms with Crippen LogP contribution < -0.4 is 10.2 Å². The number of rotatable bonds is 8. The van der Waals surface area contributed by atoms with Gasteiger partial charge in [0, 0.05) is 25.1 Å². The van der Waals surface area contributed by atoms with E-state index in [1.54, 1.807) is 12.6 Å². The molecule has 0 unspecified atom stereocenters. The van der Waals surface area contributed by atoms with Crippen LogP contribution in [-0.4, -0.2) is 41.6 Å². The number of carbonyl (C=O) groups is 1. The topological polar surface area (TPSA) is 80.5 Å². The van der Waals surface area contributed by atoms with Crippen LogP contribution >= 0.6 is 0 Å². The molecule has 0 spiro atoms. The minimum atomic E-state index is -0.192. The number of anilines is 1. The van der Waals surface area contributed by atoms with E-state index < -0.39 is 0 Å². The minimum Gasteiger partial charge on any atom is -0.467 e. The fourth-order valence-electron chi connectivity index (χ4n) is 3.58. The Morgan fingerprint density at radius 3 is 3.07 bits per heavy atom. The number of ether oxygens (including phenoxy) is 1. The summed E-state index contributed by atoms with van der Waals surface area (Å²) in [7, 11) is 0. The molecular formula is C21H24N4O3. The van der Waals surface area contributed by atoms with E-state index in [2.05, 4.69) is 20.2 Å². The highest BCUT2D eigenvalue weighted by molar-refractivity contribution is 5.93. The van der Waals surface area contributed by atoms with E-state index in [9.17, 15) is 4.79 Å². The molecule has 1 saturated heterocycles. The summed E-state index contributed by atoms with van der Waals surface area (Å²) in [5, 5.41) is 4.02. The molecule has 0 bridgehead atoms. The molecule has 146 valence electrons. The predicted molar refractivity (Wildman–Crippen MR) is 106 cm³/mol. The second-order valence-electron chi connectivity index (χ2n) is 6.84. The Kier molecular flexibility index (Phi) is 5.82. The molecule has 3 aromatic rings. The normalized spacial score (nSPS) is 16.6. The fraction of sp³-hybridized carbons (Fsp3) is 0.381. The lowest BCUT2D eigenvalue weighted by atomic mass is 10.2. The number of hydrogen-bond acceptors (Lipinski definition) is 6. The van der Waals surface area contributed by atoms with E-state index in [1.165, 1.54) is 0 Å². The van der Waals surface area contributed by atoms with Crippen LogP contribution in [0.2, 0.25) is 0 Å². The zero-order valence-corrected chi connectivity index (χ0v) is 15.7. The van der Waals surface area contributed by atoms with Crippen LogP contribution in [-0.2, 0) is 16.1 Å². The largest absolute Gasteiger partial charge is 0.467 e. The van der Waals surface area contributed by atoms with E-state index in [-0.39, 0.29) is 11.9 Å². The predicted octanol–water partition coefficient (Wildman–Crippen LogP) is 2.91. The highest BCUT2D eigenvalue weighted by atomic mass is 16.5. The number of para-hydroxylation sites is 1. The second kappa shape index (κ2) is 8.84. The van der Waals surface area contributed by atoms with Gasteiger partial charge in [-0.25, -0.2) is 9.97 Å². The van der Waals surface area contributed by atoms with Crippen LogP contribution in [0.15, 0.2) is 53.4 Å². The van der Waals surface area contributed by atoms with Gasteiger partial charge in [0.15, 0.2) is 0 Å². The van der Waals surface area contributed by atoms with Gasteiger partial charge in [0.25, 0.3) is 0 Å². The van der Waals surface area contributed by atoms with Crippen molar-refractivity contribution in [2.24, 2.45) is 0 Å². The minimum absolute atomic E-state index is 0.0474. The molecule has 28 heavy (non-hydrogen) atoms. The molecular weight excluding hydrogens is 356 g/mol. The lowest BCUT2D eigenvalue weighted by Crippen LogP contribution is -2.44. The SMILES string of the molecule is O=C(NCCCOCc1ccco1)[C@@H]1CCCN1c1ncnc2ccccc12. The van der Waals surface area contributed by atoms with Gasteiger partial charge in [-0.15, -0.1) is 0 Å². The van der Waals surface area contributed by atoms with Crippen molar-refractivity contribution in [2.75, 3.05) is 24.6 Å². The maximum atomic E-state index is 12.7. The number of amides is 1. The Labute approximate surface area is 163 Å². The second-order valence-corrected chi connectivity index (χ2v) is 6.84. The Hall–Kier alpha value is -2.93. The highest BCUT2D eigenvalue weighted by Crippen LogP contribution is 2.29. The number of aromatic nitrogens is 2. The number of carbonyl (C=O) groups excluding carboxylic acids is 1. The highest BCUT2D eigenvalue weighted by Gasteiger charge is 2.32. The Morgan fingerprint density at radius 2 is 2.18 bits per heavy atom. The maximum absolute atomic E-state index is 12.7. The van der Waals surface area contributed by atoms with Crippen molar-refractivity contribution in [3.8, 4) is 0 Å². The summed E-state index contributed by atoms with van der Waals surface area (Å²) >= 11 is 0. The molecule has 1 aromatic carbocycles. The van der Waals surface area contributed by atoms with Crippen molar-refractivity contribution in [1.82, 2.24) is 15.3 Å². The van der Waals surface area contributed by atoms with Gasteiger partial charge < -0.3 is 19.4 Å². The van der Waals surface area contributed by atoms with Crippen molar-refractivity contribution in [1.29, 1.82) is 0 Å². The quantitative estimate of drug-likeness (QED) is 0.605. The molecule has 1 aliphatic heterocycles. The van der Waals surface area contributed by atoms with Crippen LogP contribution in [0.1, 0.15) is 25.0 Å². The lowest BCUT2D eigenvalue weighted by Gasteiger charge is -2.25. The molecule has 2 aromatic heterocycles. The summed E-state index contributed by atoms with van der Waals surface area (Å²) in [6.45, 7) is 2.45. The number of nitrogens with zero attached hydrogens (tertiary/aromatic N) is 3. The summed E-state index contributed by atoms with van der Waals surface area (Å²) < 4.78 is 10.8. The molecule has 4 rings (SSSR count). The first kappa shape index (κ1) is 18.4. The van der Waals surface area contributed by atoms with Gasteiger partial charge in [-0.05, 0) is 43.5 Å². The summed E-state index contributed by atoms with van der Waals surface area (Å²) in [6, 6.07) is 11.4. The van der Waals surface area contributed by atoms with E-state index >= 15 is 0 Å². The van der Waals surface area contributed by atoms with Gasteiger partial charge in [0.2, 0.25) is 5.91 Å². The van der Waals surface area contributed by atoms with E-state index in [1.807, 2.05) is 36.4 Å². The third-order valence-corrected chi connectivity index (χ3v) is 4.94. The molecule has 3 heterocycles. The fourth-order valence-corrected chi connectivity index (χ4v) is 3.58. The summed E-state index contributed by atoms with van der Waals surface area (Å²) in [4.78, 5) is 23.6. The molecule has 0 saturated carbocycles. The summed E-state index contributed by atoms with van der Waals surface area (Å²) in [6.07, 6.45) is 5.77. The average Bonchev–Trinajstić information content (AvgIpc) is 3.42. The van der Waals surface area contributed by atoms with Crippen LogP contribution in [0, 0.1) is 0 Å². The van der Waals surface area contributed by atoms with Crippen molar-refractivity contribution >= 4 is 22.6 Å². The van der Waals surface area contributed by atoms with Gasteiger partial charge in [-0.2, -0.15) is 0 Å². The van der Waals surface area contributed by atoms with Gasteiger partial charge >= 0.3 is 0 Å². The van der Waals surface area contributed by atoms with Crippen molar-refractivity contribution in [3.63, 3.8) is 0 Å². The summed E-state index contributed by atoms with van der Waals surface area (Å²) in [5.41, 5.74) is 0.896. The smallest absolute Gasteiger partial charge is 0.242 e. The van der Waals surface area contributed by atoms with Gasteiger partial charge in [0.05, 0.1) is 11.8 Å². The third-order valence-electron chi connectivity index (χ3n) is 4.94. The van der Waals surface area contributed by atoms with Crippen molar-refractivity contribution in [2.45, 2.75) is 31.9 Å². The van der Waals surface area contributed by atoms with Crippen molar-refractivity contribution in [3.05, 3.63) is 54.7 Å². The zero-order valence-electron chi connectivity index (χ0n) is 15.7. The number of benzene rings is 1. The van der Waals surface area contributed by atoms with Gasteiger partial charge in [0.1, 0.15) is 30.6 Å². The van der Waals surface area contributed by atoms with Crippen LogP contribution in [0.5, 0.6) is 0 Å². The van der Waals surface area contributed by atoms with E-state index in [0.717, 1.165) is 48.3 Å². The Morgan fingerprint density at radius 1 is 1.25 bits per heavy atom. The molecule has 7 heteroatoms. The monoisotopic (exact) mass is 380 g/mol. The number of hydrogen-bond donors (Lipinski definition) is 1. The van der Waals surface area contributed by atoms with Crippen LogP contribution in [0.25, 0.3) is 10.9 Å². The molecule has 1 aliphatic rings. The third kappa shape index (κ3) is 4.14. The molecule has 1 amide bonds. The first-order chi connectivity index (χ1) is 13.8. The molecule has 1 N–H and O–H groups in total. The van der Waals surface area contributed by atoms with Crippen LogP contribution in [0.3, 0.4) is 0 Å². The lowest BCUT2D eigenvalue weighted by molar-refractivity contribution is -0.122. The van der Waals surface area contributed by atoms with E-state index in [4.69, 9.17) is 9.15 Å². The van der Waals surface area contributed by atoms with Gasteiger partial charge in [-0.1, -0.05) is 12.1 Å². The number of furan rings is 1.